The molecule has 0 aromatic heterocycles. The molecule has 0 aliphatic heterocycles. The first kappa shape index (κ1) is 18.4. The number of hydrogen-bond acceptors (Lipinski definition) is 3. The smallest absolute Gasteiger partial charge is 0.343 e. The van der Waals surface area contributed by atoms with Gasteiger partial charge in [0.2, 0.25) is 0 Å². The summed E-state index contributed by atoms with van der Waals surface area (Å²) in [6, 6.07) is 25.5. The molecule has 0 heterocycles. The van der Waals surface area contributed by atoms with Crippen LogP contribution in [0, 0.1) is 0 Å². The van der Waals surface area contributed by atoms with Gasteiger partial charge in [-0.15, -0.1) is 0 Å². The van der Waals surface area contributed by atoms with Crippen LogP contribution in [0.2, 0.25) is 0 Å². The molecule has 2 aliphatic rings. The highest BCUT2D eigenvalue weighted by atomic mass is 16.5. The Labute approximate surface area is 176 Å². The summed E-state index contributed by atoms with van der Waals surface area (Å²) in [5.74, 6) is 1.16. The summed E-state index contributed by atoms with van der Waals surface area (Å²) in [4.78, 5) is 13.0. The van der Waals surface area contributed by atoms with E-state index in [1.54, 1.807) is 19.2 Å². The quantitative estimate of drug-likeness (QED) is 0.492. The minimum Gasteiger partial charge on any atom is -0.497 e. The predicted molar refractivity (Wildman–Crippen MR) is 118 cm³/mol. The number of esters is 1. The van der Waals surface area contributed by atoms with Crippen LogP contribution in [-0.2, 0) is 4.74 Å². The maximum absolute atomic E-state index is 13.0. The highest BCUT2D eigenvalue weighted by Crippen LogP contribution is 2.51. The van der Waals surface area contributed by atoms with Crippen LogP contribution in [0.15, 0.2) is 90.2 Å². The summed E-state index contributed by atoms with van der Waals surface area (Å²) in [5, 5.41) is 0. The highest BCUT2D eigenvalue weighted by molar-refractivity contribution is 5.91. The maximum atomic E-state index is 13.0. The number of carbonyl (C=O) groups is 1. The Morgan fingerprint density at radius 2 is 1.63 bits per heavy atom. The average molecular weight is 394 g/mol. The summed E-state index contributed by atoms with van der Waals surface area (Å²) < 4.78 is 11.6. The van der Waals surface area contributed by atoms with Crippen molar-refractivity contribution in [3.05, 3.63) is 112 Å². The van der Waals surface area contributed by atoms with Gasteiger partial charge in [0.1, 0.15) is 11.5 Å². The van der Waals surface area contributed by atoms with E-state index >= 15 is 0 Å². The van der Waals surface area contributed by atoms with E-state index in [0.29, 0.717) is 5.56 Å². The molecule has 0 radical (unpaired) electrons. The third-order valence-electron chi connectivity index (χ3n) is 5.87. The number of fused-ring (bicyclic) bond motifs is 3. The molecule has 2 aliphatic carbocycles. The molecule has 148 valence electrons. The van der Waals surface area contributed by atoms with Crippen LogP contribution in [0.5, 0.6) is 5.75 Å². The van der Waals surface area contributed by atoms with E-state index < -0.39 is 0 Å². The molecule has 0 saturated carbocycles. The van der Waals surface area contributed by atoms with E-state index in [2.05, 4.69) is 30.3 Å². The van der Waals surface area contributed by atoms with Gasteiger partial charge in [0.15, 0.2) is 0 Å². The molecule has 3 aromatic carbocycles. The molecule has 0 fully saturated rings. The molecule has 0 saturated heterocycles. The van der Waals surface area contributed by atoms with Gasteiger partial charge in [0.05, 0.1) is 18.6 Å². The van der Waals surface area contributed by atoms with Crippen molar-refractivity contribution in [2.45, 2.75) is 18.8 Å². The van der Waals surface area contributed by atoms with E-state index in [1.807, 2.05) is 42.5 Å². The predicted octanol–water partition coefficient (Wildman–Crippen LogP) is 6.24. The summed E-state index contributed by atoms with van der Waals surface area (Å²) in [5.41, 5.74) is 6.33. The van der Waals surface area contributed by atoms with E-state index in [0.717, 1.165) is 41.1 Å². The van der Waals surface area contributed by atoms with Gasteiger partial charge in [-0.2, -0.15) is 0 Å². The zero-order valence-electron chi connectivity index (χ0n) is 16.8. The fraction of sp³-hybridized carbons (Fsp3) is 0.148. The molecule has 0 amide bonds. The average Bonchev–Trinajstić information content (AvgIpc) is 3.18. The molecule has 1 unspecified atom stereocenters. The molecule has 3 nitrogen and oxygen atoms in total. The first-order chi connectivity index (χ1) is 14.7. The van der Waals surface area contributed by atoms with E-state index in [1.165, 1.54) is 11.1 Å². The van der Waals surface area contributed by atoms with Crippen LogP contribution >= 0.6 is 0 Å². The molecule has 0 bridgehead atoms. The maximum Gasteiger partial charge on any atom is 0.343 e. The Morgan fingerprint density at radius 3 is 2.37 bits per heavy atom. The molecule has 1 atom stereocenters. The number of hydrogen-bond donors (Lipinski definition) is 0. The van der Waals surface area contributed by atoms with Crippen molar-refractivity contribution in [3.8, 4) is 5.75 Å². The van der Waals surface area contributed by atoms with Crippen molar-refractivity contribution in [1.29, 1.82) is 0 Å². The van der Waals surface area contributed by atoms with Crippen LogP contribution in [0.3, 0.4) is 0 Å². The molecule has 0 N–H and O–H groups in total. The Balaban J connectivity index is 1.64. The molecule has 0 spiro atoms. The van der Waals surface area contributed by atoms with Crippen LogP contribution in [0.1, 0.15) is 45.8 Å². The molecular weight excluding hydrogens is 372 g/mol. The highest BCUT2D eigenvalue weighted by Gasteiger charge is 2.36. The standard InChI is InChI=1S/C27H22O3/c1-29-22-14-12-20-16-21-13-15-23(18-8-4-2-5-9-18)26(25(21)24(20)17-22)30-27(28)19-10-6-3-7-11-19/h2-12,14,16-17,25H,13,15H2,1H3. The van der Waals surface area contributed by atoms with Gasteiger partial charge < -0.3 is 9.47 Å². The fourth-order valence-electron chi connectivity index (χ4n) is 4.42. The number of carbonyl (C=O) groups excluding carboxylic acids is 1. The molecule has 5 rings (SSSR count). The van der Waals surface area contributed by atoms with Gasteiger partial charge in [-0.05, 0) is 59.4 Å². The second kappa shape index (κ2) is 7.68. The number of allylic oxidation sites excluding steroid dienone is 2. The minimum absolute atomic E-state index is 0.0632. The van der Waals surface area contributed by atoms with Crippen LogP contribution < -0.4 is 4.74 Å². The Hall–Kier alpha value is -3.59. The van der Waals surface area contributed by atoms with E-state index in [9.17, 15) is 4.79 Å². The summed E-state index contributed by atoms with van der Waals surface area (Å²) in [7, 11) is 1.67. The van der Waals surface area contributed by atoms with Gasteiger partial charge in [0, 0.05) is 0 Å². The number of ether oxygens (including phenoxy) is 2. The first-order valence-corrected chi connectivity index (χ1v) is 10.2. The van der Waals surface area contributed by atoms with Gasteiger partial charge in [0.25, 0.3) is 0 Å². The molecule has 3 heteroatoms. The monoisotopic (exact) mass is 394 g/mol. The molecular formula is C27H22O3. The lowest BCUT2D eigenvalue weighted by Crippen LogP contribution is -2.17. The topological polar surface area (TPSA) is 35.5 Å². The summed E-state index contributed by atoms with van der Waals surface area (Å²) in [6.45, 7) is 0. The van der Waals surface area contributed by atoms with Gasteiger partial charge in [-0.1, -0.05) is 66.2 Å². The SMILES string of the molecule is COc1ccc2c(c1)C1C(=C2)CCC(c2ccccc2)=C1OC(=O)c1ccccc1. The van der Waals surface area contributed by atoms with Crippen LogP contribution in [-0.4, -0.2) is 13.1 Å². The third kappa shape index (κ3) is 3.22. The van der Waals surface area contributed by atoms with E-state index in [-0.39, 0.29) is 11.9 Å². The first-order valence-electron chi connectivity index (χ1n) is 10.2. The molecule has 30 heavy (non-hydrogen) atoms. The van der Waals surface area contributed by atoms with Crippen molar-refractivity contribution in [1.82, 2.24) is 0 Å². The largest absolute Gasteiger partial charge is 0.497 e. The van der Waals surface area contributed by atoms with Gasteiger partial charge >= 0.3 is 5.97 Å². The number of methoxy groups -OCH3 is 1. The van der Waals surface area contributed by atoms with Crippen LogP contribution in [0.25, 0.3) is 11.6 Å². The zero-order valence-corrected chi connectivity index (χ0v) is 16.8. The molecule has 3 aromatic rings. The summed E-state index contributed by atoms with van der Waals surface area (Å²) >= 11 is 0. The Morgan fingerprint density at radius 1 is 0.900 bits per heavy atom. The van der Waals surface area contributed by atoms with Crippen molar-refractivity contribution in [3.63, 3.8) is 0 Å². The Kier molecular flexibility index (Phi) is 4.72. The fourth-order valence-corrected chi connectivity index (χ4v) is 4.42. The normalized spacial score (nSPS) is 17.1. The number of rotatable bonds is 4. The van der Waals surface area contributed by atoms with E-state index in [4.69, 9.17) is 9.47 Å². The van der Waals surface area contributed by atoms with Gasteiger partial charge in [-0.3, -0.25) is 0 Å². The second-order valence-electron chi connectivity index (χ2n) is 7.61. The van der Waals surface area contributed by atoms with Crippen molar-refractivity contribution in [2.75, 3.05) is 7.11 Å². The Bertz CT molecular complexity index is 1160. The van der Waals surface area contributed by atoms with Crippen molar-refractivity contribution < 1.29 is 14.3 Å². The number of benzene rings is 3. The zero-order chi connectivity index (χ0) is 20.5. The summed E-state index contributed by atoms with van der Waals surface area (Å²) in [6.07, 6.45) is 4.02. The van der Waals surface area contributed by atoms with Crippen molar-refractivity contribution >= 4 is 17.6 Å². The lowest BCUT2D eigenvalue weighted by molar-refractivity contribution is 0.0609. The second-order valence-corrected chi connectivity index (χ2v) is 7.61. The lowest BCUT2D eigenvalue weighted by atomic mass is 9.80. The third-order valence-corrected chi connectivity index (χ3v) is 5.87. The minimum atomic E-state index is -0.323. The van der Waals surface area contributed by atoms with Crippen molar-refractivity contribution in [2.24, 2.45) is 0 Å². The van der Waals surface area contributed by atoms with Crippen LogP contribution in [0.4, 0.5) is 0 Å². The van der Waals surface area contributed by atoms with Gasteiger partial charge in [-0.25, -0.2) is 4.79 Å². The lowest BCUT2D eigenvalue weighted by Gasteiger charge is -2.28.